The zero-order valence-corrected chi connectivity index (χ0v) is 13.7. The summed E-state index contributed by atoms with van der Waals surface area (Å²) in [6.45, 7) is 0. The van der Waals surface area contributed by atoms with E-state index < -0.39 is 91.5 Å². The maximum atomic E-state index is 13.3. The van der Waals surface area contributed by atoms with Gasteiger partial charge >= 0.3 is 0 Å². The van der Waals surface area contributed by atoms with Crippen LogP contribution in [0.2, 0.25) is 0 Å². The van der Waals surface area contributed by atoms with Gasteiger partial charge in [-0.3, -0.25) is 5.46 Å². The van der Waals surface area contributed by atoms with E-state index >= 15 is 0 Å². The first kappa shape index (κ1) is 23.5. The normalized spacial score (nSPS) is 11.0. The highest BCUT2D eigenvalue weighted by Gasteiger charge is 2.26. The van der Waals surface area contributed by atoms with E-state index in [4.69, 9.17) is 7.85 Å². The van der Waals surface area contributed by atoms with Crippen molar-refractivity contribution in [1.29, 1.82) is 0 Å². The number of hydrogen-bond acceptors (Lipinski definition) is 0. The molecule has 30 heavy (non-hydrogen) atoms. The van der Waals surface area contributed by atoms with Gasteiger partial charge in [0.15, 0.2) is 52.4 Å². The van der Waals surface area contributed by atoms with Crippen LogP contribution in [0.25, 0.3) is 10.8 Å². The fourth-order valence-electron chi connectivity index (χ4n) is 2.15. The Morgan fingerprint density at radius 2 is 0.500 bits per heavy atom. The largest absolute Gasteiger partial charge is 0.575 e. The molecule has 0 aliphatic rings. The van der Waals surface area contributed by atoms with Gasteiger partial charge < -0.3 is 15.7 Å². The summed E-state index contributed by atoms with van der Waals surface area (Å²) in [5.74, 6) is -25.6. The summed E-state index contributed by atoms with van der Waals surface area (Å²) in [5, 5.41) is -2.97. The van der Waals surface area contributed by atoms with Gasteiger partial charge in [-0.1, -0.05) is 0 Å². The van der Waals surface area contributed by atoms with Crippen LogP contribution in [0, 0.1) is 69.8 Å². The molecule has 3 rings (SSSR count). The van der Waals surface area contributed by atoms with E-state index in [0.29, 0.717) is 0 Å². The third-order valence-corrected chi connectivity index (χ3v) is 3.62. The minimum Gasteiger partial charge on any atom is -0.575 e. The van der Waals surface area contributed by atoms with Crippen LogP contribution in [0.3, 0.4) is 0 Å². The molecule has 6 radical (unpaired) electrons. The topological polar surface area (TPSA) is 0 Å². The molecule has 0 amide bonds. The molecule has 0 aliphatic heterocycles. The lowest BCUT2D eigenvalue weighted by atomic mass is 9.88. The molecule has 3 aromatic carbocycles. The summed E-state index contributed by atoms with van der Waals surface area (Å²) in [7, 11) is 9.45. The first-order chi connectivity index (χ1) is 13.7. The zero-order chi connectivity index (χ0) is 23.2. The summed E-state index contributed by atoms with van der Waals surface area (Å²) in [6, 6.07) is 0. The second-order valence-corrected chi connectivity index (χ2v) is 5.35. The smallest absolute Gasteiger partial charge is 0.200 e. The summed E-state index contributed by atoms with van der Waals surface area (Å²) in [6.07, 6.45) is 0. The summed E-state index contributed by atoms with van der Waals surface area (Å²) in [4.78, 5) is 0. The summed E-state index contributed by atoms with van der Waals surface area (Å²) >= 11 is 0. The second kappa shape index (κ2) is 8.15. The number of rotatable bonds is 0. The maximum absolute atomic E-state index is 13.3. The Hall–Kier alpha value is -2.79. The Bertz CT molecular complexity index is 974. The Balaban J connectivity index is 0.000000232. The lowest BCUT2D eigenvalue weighted by Gasteiger charge is -2.17. The minimum absolute atomic E-state index is 1.35. The van der Waals surface area contributed by atoms with Crippen molar-refractivity contribution in [3.8, 4) is 0 Å². The van der Waals surface area contributed by atoms with Crippen molar-refractivity contribution in [3.05, 3.63) is 69.8 Å². The van der Waals surface area contributed by atoms with E-state index in [1.807, 2.05) is 0 Å². The average Bonchev–Trinajstić information content (AvgIpc) is 2.73. The van der Waals surface area contributed by atoms with Crippen molar-refractivity contribution >= 4 is 37.4 Å². The van der Waals surface area contributed by atoms with Crippen LogP contribution < -0.4 is 10.9 Å². The Morgan fingerprint density at radius 3 is 0.900 bits per heavy atom. The van der Waals surface area contributed by atoms with Crippen molar-refractivity contribution < 1.29 is 52.7 Å². The number of halogens is 12. The summed E-state index contributed by atoms with van der Waals surface area (Å²) in [5.41, 5.74) is -2.72. The van der Waals surface area contributed by atoms with Gasteiger partial charge in [-0.25, -0.2) is 58.1 Å². The van der Waals surface area contributed by atoms with Crippen LogP contribution in [0.15, 0.2) is 0 Å². The zero-order valence-electron chi connectivity index (χ0n) is 13.7. The molecule has 0 saturated carbocycles. The van der Waals surface area contributed by atoms with E-state index in [2.05, 4.69) is 7.85 Å². The molecule has 0 heterocycles. The monoisotopic (exact) mass is 442 g/mol. The molecule has 0 nitrogen and oxygen atoms in total. The number of fused-ring (bicyclic) bond motifs is 1. The average molecular weight is 442 g/mol. The van der Waals surface area contributed by atoms with E-state index in [9.17, 15) is 52.7 Å². The van der Waals surface area contributed by atoms with Gasteiger partial charge in [0.25, 0.3) is 0 Å². The molecule has 0 atom stereocenters. The second-order valence-electron chi connectivity index (χ2n) is 5.35. The van der Waals surface area contributed by atoms with Crippen LogP contribution in [-0.2, 0) is 0 Å². The molecular formula is C16B2F12-2. The molecule has 0 spiro atoms. The standard InChI is InChI=1S/C10BF7.C6BF5/c11-3-1-2(5(13)8(16)7(3)15)6(14)10(18)9(17)4(1)12;7-1-2(8)4(10)6(12)5(11)3(1)9/q2*-1. The SMILES string of the molecule is [B-]c1c(F)c(F)c(F)c(F)c1F.[B-]c1c(F)c(F)c(F)c2c(F)c(F)c(F)c(F)c12. The highest BCUT2D eigenvalue weighted by molar-refractivity contribution is 6.39. The molecule has 156 valence electrons. The van der Waals surface area contributed by atoms with Gasteiger partial charge in [-0.05, 0) is 5.39 Å². The molecule has 14 heteroatoms. The lowest BCUT2D eigenvalue weighted by Crippen LogP contribution is -2.20. The number of hydrogen-bond donors (Lipinski definition) is 0. The van der Waals surface area contributed by atoms with Gasteiger partial charge in [0.05, 0.1) is 5.39 Å². The number of benzene rings is 3. The van der Waals surface area contributed by atoms with E-state index in [-0.39, 0.29) is 0 Å². The van der Waals surface area contributed by atoms with Crippen molar-refractivity contribution in [1.82, 2.24) is 0 Å². The van der Waals surface area contributed by atoms with Crippen molar-refractivity contribution in [2.45, 2.75) is 0 Å². The van der Waals surface area contributed by atoms with Gasteiger partial charge in [0.1, 0.15) is 17.5 Å². The maximum Gasteiger partial charge on any atom is 0.200 e. The van der Waals surface area contributed by atoms with Crippen molar-refractivity contribution in [2.75, 3.05) is 0 Å². The molecular weight excluding hydrogens is 442 g/mol. The Morgan fingerprint density at radius 1 is 0.267 bits per heavy atom. The van der Waals surface area contributed by atoms with Crippen LogP contribution in [-0.4, -0.2) is 15.7 Å². The van der Waals surface area contributed by atoms with Gasteiger partial charge in [0, 0.05) is 0 Å². The Kier molecular flexibility index (Phi) is 6.38. The fourth-order valence-corrected chi connectivity index (χ4v) is 2.15. The van der Waals surface area contributed by atoms with Gasteiger partial charge in [-0.2, -0.15) is 0 Å². The fraction of sp³-hybridized carbons (Fsp3) is 0. The Labute approximate surface area is 160 Å². The van der Waals surface area contributed by atoms with Gasteiger partial charge in [-0.15, -0.1) is 0 Å². The third-order valence-electron chi connectivity index (χ3n) is 3.62. The first-order valence-corrected chi connectivity index (χ1v) is 7.10. The quantitative estimate of drug-likeness (QED) is 0.216. The van der Waals surface area contributed by atoms with Crippen LogP contribution >= 0.6 is 0 Å². The molecule has 3 aromatic rings. The highest BCUT2D eigenvalue weighted by atomic mass is 19.2. The highest BCUT2D eigenvalue weighted by Crippen LogP contribution is 2.29. The third kappa shape index (κ3) is 3.47. The predicted octanol–water partition coefficient (Wildman–Crippen LogP) is 3.78. The van der Waals surface area contributed by atoms with E-state index in [1.165, 1.54) is 0 Å². The predicted molar refractivity (Wildman–Crippen MR) is 80.7 cm³/mol. The molecule has 0 bridgehead atoms. The van der Waals surface area contributed by atoms with E-state index in [1.54, 1.807) is 0 Å². The molecule has 0 saturated heterocycles. The molecule has 0 aromatic heterocycles. The summed E-state index contributed by atoms with van der Waals surface area (Å²) < 4.78 is 153. The molecule has 0 N–H and O–H groups in total. The van der Waals surface area contributed by atoms with Crippen LogP contribution in [0.4, 0.5) is 52.7 Å². The molecule has 0 fully saturated rings. The first-order valence-electron chi connectivity index (χ1n) is 7.10. The van der Waals surface area contributed by atoms with Crippen molar-refractivity contribution in [2.24, 2.45) is 0 Å². The molecule has 0 unspecified atom stereocenters. The van der Waals surface area contributed by atoms with E-state index in [0.717, 1.165) is 0 Å². The minimum atomic E-state index is -2.34. The molecule has 0 aliphatic carbocycles. The van der Waals surface area contributed by atoms with Crippen LogP contribution in [0.1, 0.15) is 0 Å². The van der Waals surface area contributed by atoms with Gasteiger partial charge in [0.2, 0.25) is 0 Å². The lowest BCUT2D eigenvalue weighted by molar-refractivity contribution is 0.384. The van der Waals surface area contributed by atoms with Crippen molar-refractivity contribution in [3.63, 3.8) is 0 Å². The van der Waals surface area contributed by atoms with Crippen LogP contribution in [0.5, 0.6) is 0 Å².